The molecule has 144 valence electrons. The van der Waals surface area contributed by atoms with Crippen molar-refractivity contribution < 1.29 is 27.8 Å². The van der Waals surface area contributed by atoms with Crippen molar-refractivity contribution in [2.75, 3.05) is 11.4 Å². The maximum atomic E-state index is 14.9. The van der Waals surface area contributed by atoms with E-state index >= 15 is 0 Å². The molecule has 0 radical (unpaired) electrons. The summed E-state index contributed by atoms with van der Waals surface area (Å²) in [6.45, 7) is 2.88. The van der Waals surface area contributed by atoms with E-state index in [0.29, 0.717) is 0 Å². The average molecular weight is 380 g/mol. The maximum Gasteiger partial charge on any atom is 0.237 e. The molecular weight excluding hydrogens is 361 g/mol. The van der Waals surface area contributed by atoms with Gasteiger partial charge in [-0.05, 0) is 43.7 Å². The predicted molar refractivity (Wildman–Crippen MR) is 92.3 cm³/mol. The van der Waals surface area contributed by atoms with Crippen LogP contribution in [0.3, 0.4) is 0 Å². The highest BCUT2D eigenvalue weighted by Gasteiger charge is 2.56. The first-order valence-corrected chi connectivity index (χ1v) is 8.33. The van der Waals surface area contributed by atoms with Crippen LogP contribution in [0.2, 0.25) is 0 Å². The normalized spacial score (nSPS) is 21.6. The summed E-state index contributed by atoms with van der Waals surface area (Å²) in [5.74, 6) is -3.67. The summed E-state index contributed by atoms with van der Waals surface area (Å²) in [6, 6.07) is 7.04. The topological polar surface area (TPSA) is 75.8 Å². The van der Waals surface area contributed by atoms with Crippen LogP contribution >= 0.6 is 0 Å². The standard InChI is InChI=1S/C19H19F3N2O3/c1-10(2)27-19(11-3-5-12(20)6-4-11)16-14(8-7-13(21)17(16)22)24(18(19)26)9-15(23)25/h3-8,10,18,26H,9H2,1-2H3,(H2,23,25)/t18?,19-/m0/s1. The third-order valence-corrected chi connectivity index (χ3v) is 4.43. The summed E-state index contributed by atoms with van der Waals surface area (Å²) in [6.07, 6.45) is -2.11. The minimum Gasteiger partial charge on any atom is -0.370 e. The molecule has 1 aliphatic rings. The van der Waals surface area contributed by atoms with Crippen LogP contribution in [0.15, 0.2) is 36.4 Å². The van der Waals surface area contributed by atoms with Crippen LogP contribution < -0.4 is 10.6 Å². The van der Waals surface area contributed by atoms with Gasteiger partial charge in [0, 0.05) is 5.69 Å². The Labute approximate surface area is 154 Å². The highest BCUT2D eigenvalue weighted by molar-refractivity contribution is 5.82. The number of amides is 1. The summed E-state index contributed by atoms with van der Waals surface area (Å²) >= 11 is 0. The van der Waals surface area contributed by atoms with Crippen molar-refractivity contribution in [3.8, 4) is 0 Å². The zero-order valence-electron chi connectivity index (χ0n) is 14.7. The third-order valence-electron chi connectivity index (χ3n) is 4.43. The van der Waals surface area contributed by atoms with Gasteiger partial charge in [-0.3, -0.25) is 4.79 Å². The van der Waals surface area contributed by atoms with Crippen LogP contribution in [-0.2, 0) is 15.1 Å². The van der Waals surface area contributed by atoms with E-state index in [2.05, 4.69) is 0 Å². The molecule has 3 rings (SSSR count). The smallest absolute Gasteiger partial charge is 0.237 e. The van der Waals surface area contributed by atoms with E-state index in [0.717, 1.165) is 23.1 Å². The Balaban J connectivity index is 2.34. The largest absolute Gasteiger partial charge is 0.370 e. The molecule has 2 aromatic rings. The molecule has 0 aliphatic carbocycles. The number of rotatable bonds is 5. The van der Waals surface area contributed by atoms with E-state index in [1.165, 1.54) is 18.2 Å². The van der Waals surface area contributed by atoms with Crippen LogP contribution in [0.4, 0.5) is 18.9 Å². The van der Waals surface area contributed by atoms with Crippen LogP contribution in [-0.4, -0.2) is 29.9 Å². The van der Waals surface area contributed by atoms with Crippen molar-refractivity contribution in [1.82, 2.24) is 0 Å². The summed E-state index contributed by atoms with van der Waals surface area (Å²) in [5, 5.41) is 11.1. The number of carbonyl (C=O) groups excluding carboxylic acids is 1. The molecule has 2 aromatic carbocycles. The number of ether oxygens (including phenoxy) is 1. The van der Waals surface area contributed by atoms with Crippen molar-refractivity contribution >= 4 is 11.6 Å². The third kappa shape index (κ3) is 3.04. The molecule has 3 N–H and O–H groups in total. The molecule has 2 atom stereocenters. The van der Waals surface area contributed by atoms with Crippen molar-refractivity contribution in [3.63, 3.8) is 0 Å². The van der Waals surface area contributed by atoms with E-state index in [4.69, 9.17) is 10.5 Å². The Morgan fingerprint density at radius 2 is 1.85 bits per heavy atom. The fraction of sp³-hybridized carbons (Fsp3) is 0.316. The zero-order chi connectivity index (χ0) is 19.9. The van der Waals surface area contributed by atoms with Crippen LogP contribution in [0, 0.1) is 17.5 Å². The number of fused-ring (bicyclic) bond motifs is 1. The predicted octanol–water partition coefficient (Wildman–Crippen LogP) is 2.40. The zero-order valence-corrected chi connectivity index (χ0v) is 14.7. The fourth-order valence-corrected chi connectivity index (χ4v) is 3.50. The Kier molecular flexibility index (Phi) is 4.88. The van der Waals surface area contributed by atoms with Crippen LogP contribution in [0.1, 0.15) is 25.0 Å². The second-order valence-corrected chi connectivity index (χ2v) is 6.63. The van der Waals surface area contributed by atoms with E-state index in [-0.39, 0.29) is 16.8 Å². The Morgan fingerprint density at radius 3 is 2.41 bits per heavy atom. The van der Waals surface area contributed by atoms with Gasteiger partial charge in [0.25, 0.3) is 0 Å². The monoisotopic (exact) mass is 380 g/mol. The second kappa shape index (κ2) is 6.86. The quantitative estimate of drug-likeness (QED) is 0.835. The number of anilines is 1. The number of aliphatic hydroxyl groups is 1. The van der Waals surface area contributed by atoms with Crippen molar-refractivity contribution in [2.45, 2.75) is 31.8 Å². The Bertz CT molecular complexity index is 873. The molecule has 0 fully saturated rings. The molecule has 0 saturated heterocycles. The van der Waals surface area contributed by atoms with Gasteiger partial charge in [-0.2, -0.15) is 0 Å². The number of benzene rings is 2. The van der Waals surface area contributed by atoms with Crippen molar-refractivity contribution in [1.29, 1.82) is 0 Å². The average Bonchev–Trinajstić information content (AvgIpc) is 2.81. The minimum absolute atomic E-state index is 0.0742. The lowest BCUT2D eigenvalue weighted by Gasteiger charge is -2.37. The summed E-state index contributed by atoms with van der Waals surface area (Å²) in [5.41, 5.74) is 3.40. The van der Waals surface area contributed by atoms with Gasteiger partial charge in [0.2, 0.25) is 5.91 Å². The summed E-state index contributed by atoms with van der Waals surface area (Å²) in [7, 11) is 0. The summed E-state index contributed by atoms with van der Waals surface area (Å²) in [4.78, 5) is 12.6. The van der Waals surface area contributed by atoms with Gasteiger partial charge in [0.1, 0.15) is 5.82 Å². The highest BCUT2D eigenvalue weighted by Crippen LogP contribution is 2.51. The lowest BCUT2D eigenvalue weighted by molar-refractivity contribution is -0.125. The van der Waals surface area contributed by atoms with Gasteiger partial charge >= 0.3 is 0 Å². The Morgan fingerprint density at radius 1 is 1.22 bits per heavy atom. The Hall–Kier alpha value is -2.58. The van der Waals surface area contributed by atoms with Crippen molar-refractivity contribution in [3.05, 3.63) is 65.0 Å². The lowest BCUT2D eigenvalue weighted by Crippen LogP contribution is -2.50. The first kappa shape index (κ1) is 19.2. The number of hydrogen-bond donors (Lipinski definition) is 2. The molecule has 27 heavy (non-hydrogen) atoms. The van der Waals surface area contributed by atoms with E-state index < -0.39 is 47.8 Å². The molecule has 8 heteroatoms. The lowest BCUT2D eigenvalue weighted by atomic mass is 9.85. The number of hydrogen-bond acceptors (Lipinski definition) is 4. The number of carbonyl (C=O) groups is 1. The minimum atomic E-state index is -1.88. The number of nitrogens with zero attached hydrogens (tertiary/aromatic N) is 1. The molecule has 5 nitrogen and oxygen atoms in total. The van der Waals surface area contributed by atoms with Gasteiger partial charge < -0.3 is 20.5 Å². The van der Waals surface area contributed by atoms with E-state index in [1.807, 2.05) is 0 Å². The molecule has 0 spiro atoms. The molecule has 1 unspecified atom stereocenters. The fourth-order valence-electron chi connectivity index (χ4n) is 3.50. The first-order valence-electron chi connectivity index (χ1n) is 8.33. The number of primary amides is 1. The SMILES string of the molecule is CC(C)O[C@@]1(c2ccc(F)cc2)c2c(ccc(F)c2F)N(CC(N)=O)C1O. The molecule has 1 heterocycles. The molecule has 0 bridgehead atoms. The summed E-state index contributed by atoms with van der Waals surface area (Å²) < 4.78 is 48.4. The molecule has 1 amide bonds. The molecule has 0 aromatic heterocycles. The number of halogens is 3. The van der Waals surface area contributed by atoms with Gasteiger partial charge in [0.15, 0.2) is 23.5 Å². The van der Waals surface area contributed by atoms with E-state index in [9.17, 15) is 23.1 Å². The van der Waals surface area contributed by atoms with Crippen molar-refractivity contribution in [2.24, 2.45) is 5.73 Å². The maximum absolute atomic E-state index is 14.9. The van der Waals surface area contributed by atoms with Crippen LogP contribution in [0.25, 0.3) is 0 Å². The van der Waals surface area contributed by atoms with Gasteiger partial charge in [-0.15, -0.1) is 0 Å². The number of aliphatic hydroxyl groups excluding tert-OH is 1. The van der Waals surface area contributed by atoms with Gasteiger partial charge in [-0.25, -0.2) is 13.2 Å². The first-order chi connectivity index (χ1) is 12.7. The molecular formula is C19H19F3N2O3. The van der Waals surface area contributed by atoms with Crippen LogP contribution in [0.5, 0.6) is 0 Å². The van der Waals surface area contributed by atoms with Gasteiger partial charge in [-0.1, -0.05) is 12.1 Å². The molecule has 1 aliphatic heterocycles. The second-order valence-electron chi connectivity index (χ2n) is 6.63. The molecule has 0 saturated carbocycles. The van der Waals surface area contributed by atoms with E-state index in [1.54, 1.807) is 13.8 Å². The number of nitrogens with two attached hydrogens (primary N) is 1. The highest BCUT2D eigenvalue weighted by atomic mass is 19.2. The van der Waals surface area contributed by atoms with Gasteiger partial charge in [0.05, 0.1) is 18.2 Å².